The van der Waals surface area contributed by atoms with Gasteiger partial charge in [-0.2, -0.15) is 0 Å². The van der Waals surface area contributed by atoms with Crippen molar-refractivity contribution < 1.29 is 0 Å². The van der Waals surface area contributed by atoms with Crippen molar-refractivity contribution in [3.8, 4) is 0 Å². The van der Waals surface area contributed by atoms with Gasteiger partial charge in [0.05, 0.1) is 0 Å². The van der Waals surface area contributed by atoms with Gasteiger partial charge in [0.25, 0.3) is 0 Å². The number of hydrogen-bond acceptors (Lipinski definition) is 0. The van der Waals surface area contributed by atoms with E-state index in [1.54, 1.807) is 0 Å². The van der Waals surface area contributed by atoms with E-state index in [1.165, 1.54) is 38.5 Å². The zero-order valence-electron chi connectivity index (χ0n) is 9.22. The zero-order valence-corrected chi connectivity index (χ0v) is 15.6. The van der Waals surface area contributed by atoms with Gasteiger partial charge in [0.2, 0.25) is 0 Å². The van der Waals surface area contributed by atoms with Gasteiger partial charge in [-0.1, -0.05) is 75.9 Å². The fourth-order valence-electron chi connectivity index (χ4n) is 1.79. The highest BCUT2D eigenvalue weighted by atomic mass is 79.9. The lowest BCUT2D eigenvalue weighted by atomic mass is 10.0. The highest BCUT2D eigenvalue weighted by molar-refractivity contribution is 9.12. The second-order valence-electron chi connectivity index (χ2n) is 4.27. The highest BCUT2D eigenvalue weighted by Crippen LogP contribution is 2.29. The third-order valence-electron chi connectivity index (χ3n) is 2.89. The summed E-state index contributed by atoms with van der Waals surface area (Å²) in [6, 6.07) is 0. The second kappa shape index (κ2) is 8.71. The molecule has 1 aliphatic rings. The van der Waals surface area contributed by atoms with Crippen LogP contribution in [0.25, 0.3) is 0 Å². The van der Waals surface area contributed by atoms with Crippen LogP contribution in [-0.2, 0) is 0 Å². The molecule has 0 aromatic rings. The van der Waals surface area contributed by atoms with Crippen LogP contribution < -0.4 is 0 Å². The first kappa shape index (κ1) is 15.7. The maximum Gasteiger partial charge on any atom is 0.0274 e. The molecule has 0 aliphatic heterocycles. The van der Waals surface area contributed by atoms with Crippen molar-refractivity contribution in [3.63, 3.8) is 0 Å². The number of allylic oxidation sites excluding steroid dienone is 2. The summed E-state index contributed by atoms with van der Waals surface area (Å²) in [7, 11) is 0. The Morgan fingerprint density at radius 2 is 0.875 bits per heavy atom. The Morgan fingerprint density at radius 1 is 0.562 bits per heavy atom. The van der Waals surface area contributed by atoms with Gasteiger partial charge < -0.3 is 0 Å². The smallest absolute Gasteiger partial charge is 0.0274 e. The number of rotatable bonds is 0. The van der Waals surface area contributed by atoms with Crippen molar-refractivity contribution in [2.75, 3.05) is 0 Å². The summed E-state index contributed by atoms with van der Waals surface area (Å²) in [5, 5.41) is 0. The van der Waals surface area contributed by atoms with Crippen LogP contribution in [0.3, 0.4) is 0 Å². The lowest BCUT2D eigenvalue weighted by molar-refractivity contribution is 0.617. The maximum atomic E-state index is 3.78. The summed E-state index contributed by atoms with van der Waals surface area (Å²) in [4.78, 5) is 2.34. The van der Waals surface area contributed by atoms with Gasteiger partial charge >= 0.3 is 0 Å². The lowest BCUT2D eigenvalue weighted by Gasteiger charge is -2.21. The molecule has 0 saturated heterocycles. The monoisotopic (exact) mass is 478 g/mol. The van der Waals surface area contributed by atoms with E-state index in [0.717, 1.165) is 0 Å². The summed E-state index contributed by atoms with van der Waals surface area (Å²) in [5.41, 5.74) is 0. The van der Waals surface area contributed by atoms with Crippen LogP contribution in [0, 0.1) is 0 Å². The van der Waals surface area contributed by atoms with Crippen molar-refractivity contribution >= 4 is 63.7 Å². The maximum absolute atomic E-state index is 3.78. The normalized spacial score (nSPS) is 40.8. The molecule has 0 saturated carbocycles. The molecule has 0 aromatic heterocycles. The summed E-state index contributed by atoms with van der Waals surface area (Å²) in [6.45, 7) is 0. The minimum Gasteiger partial charge on any atom is -0.0885 e. The molecule has 4 heteroatoms. The van der Waals surface area contributed by atoms with E-state index in [-0.39, 0.29) is 0 Å². The van der Waals surface area contributed by atoms with Gasteiger partial charge in [-0.3, -0.25) is 0 Å². The van der Waals surface area contributed by atoms with E-state index >= 15 is 0 Å². The third-order valence-corrected chi connectivity index (χ3v) is 8.69. The average Bonchev–Trinajstić information content (AvgIpc) is 2.27. The van der Waals surface area contributed by atoms with Crippen LogP contribution in [0.5, 0.6) is 0 Å². The predicted octanol–water partition coefficient (Wildman–Crippen LogP) is 5.95. The third kappa shape index (κ3) is 6.01. The SMILES string of the molecule is Br[C@@H]1CC/C=C\CC[C@H](Br)[C@@H](Br)CC[C@H]1Br. The van der Waals surface area contributed by atoms with Crippen molar-refractivity contribution in [3.05, 3.63) is 12.2 Å². The van der Waals surface area contributed by atoms with Crippen LogP contribution >= 0.6 is 63.7 Å². The molecule has 0 aromatic carbocycles. The first-order chi connectivity index (χ1) is 7.61. The van der Waals surface area contributed by atoms with E-state index in [9.17, 15) is 0 Å². The Labute approximate surface area is 133 Å². The summed E-state index contributed by atoms with van der Waals surface area (Å²) in [6.07, 6.45) is 11.9. The molecule has 0 spiro atoms. The molecular weight excluding hydrogens is 464 g/mol. The average molecular weight is 482 g/mol. The molecular formula is C12H18Br4. The molecule has 0 N–H and O–H groups in total. The van der Waals surface area contributed by atoms with Crippen molar-refractivity contribution in [1.29, 1.82) is 0 Å². The number of alkyl halides is 4. The fourth-order valence-corrected chi connectivity index (χ4v) is 3.90. The van der Waals surface area contributed by atoms with Gasteiger partial charge in [0.1, 0.15) is 0 Å². The Bertz CT molecular complexity index is 195. The lowest BCUT2D eigenvalue weighted by Crippen LogP contribution is -2.19. The summed E-state index contributed by atoms with van der Waals surface area (Å²) >= 11 is 15.1. The molecule has 4 atom stereocenters. The van der Waals surface area contributed by atoms with Crippen LogP contribution in [0.15, 0.2) is 12.2 Å². The Kier molecular flexibility index (Phi) is 8.55. The minimum absolute atomic E-state index is 0.583. The number of halogens is 4. The van der Waals surface area contributed by atoms with E-state index in [1.807, 2.05) is 0 Å². The molecule has 16 heavy (non-hydrogen) atoms. The van der Waals surface area contributed by atoms with Crippen molar-refractivity contribution in [2.24, 2.45) is 0 Å². The first-order valence-corrected chi connectivity index (χ1v) is 9.49. The molecule has 0 fully saturated rings. The summed E-state index contributed by atoms with van der Waals surface area (Å²) in [5.74, 6) is 0. The topological polar surface area (TPSA) is 0 Å². The Balaban J connectivity index is 2.52. The van der Waals surface area contributed by atoms with Gasteiger partial charge in [0.15, 0.2) is 0 Å². The molecule has 0 unspecified atom stereocenters. The molecule has 1 rings (SSSR count). The van der Waals surface area contributed by atoms with Gasteiger partial charge in [-0.25, -0.2) is 0 Å². The first-order valence-electron chi connectivity index (χ1n) is 5.82. The molecule has 0 amide bonds. The van der Waals surface area contributed by atoms with E-state index in [2.05, 4.69) is 75.9 Å². The van der Waals surface area contributed by atoms with Crippen molar-refractivity contribution in [1.82, 2.24) is 0 Å². The second-order valence-corrected chi connectivity index (χ2v) is 8.97. The standard InChI is InChI=1S/C12H18Br4/c13-9-5-3-1-2-4-6-10(14)12(16)8-7-11(9)15/h1-2,9-12H,3-8H2/b2-1-/t9-,10+,11-,12+. The zero-order chi connectivity index (χ0) is 12.0. The van der Waals surface area contributed by atoms with Gasteiger partial charge in [-0.15, -0.1) is 0 Å². The fraction of sp³-hybridized carbons (Fsp3) is 0.833. The summed E-state index contributed by atoms with van der Waals surface area (Å²) < 4.78 is 0. The molecule has 0 heterocycles. The minimum atomic E-state index is 0.583. The quantitative estimate of drug-likeness (QED) is 0.296. The predicted molar refractivity (Wildman–Crippen MR) is 87.7 cm³/mol. The number of hydrogen-bond donors (Lipinski definition) is 0. The Hall–Kier alpha value is 1.66. The molecule has 1 aliphatic carbocycles. The van der Waals surface area contributed by atoms with E-state index < -0.39 is 0 Å². The van der Waals surface area contributed by atoms with Crippen LogP contribution in [-0.4, -0.2) is 19.3 Å². The molecule has 94 valence electrons. The van der Waals surface area contributed by atoms with E-state index in [0.29, 0.717) is 19.3 Å². The van der Waals surface area contributed by atoms with Crippen LogP contribution in [0.2, 0.25) is 0 Å². The van der Waals surface area contributed by atoms with Crippen molar-refractivity contribution in [2.45, 2.75) is 57.8 Å². The largest absolute Gasteiger partial charge is 0.0885 e. The Morgan fingerprint density at radius 3 is 1.25 bits per heavy atom. The van der Waals surface area contributed by atoms with Crippen LogP contribution in [0.4, 0.5) is 0 Å². The van der Waals surface area contributed by atoms with Gasteiger partial charge in [-0.05, 0) is 38.5 Å². The molecule has 0 nitrogen and oxygen atoms in total. The van der Waals surface area contributed by atoms with Crippen LogP contribution in [0.1, 0.15) is 38.5 Å². The molecule has 0 bridgehead atoms. The van der Waals surface area contributed by atoms with E-state index in [4.69, 9.17) is 0 Å². The van der Waals surface area contributed by atoms with Gasteiger partial charge in [0, 0.05) is 19.3 Å². The molecule has 0 radical (unpaired) electrons. The highest BCUT2D eigenvalue weighted by Gasteiger charge is 2.20.